The normalized spacial score (nSPS) is 19.6. The van der Waals surface area contributed by atoms with Crippen LogP contribution in [0.3, 0.4) is 0 Å². The fourth-order valence-corrected chi connectivity index (χ4v) is 8.73. The largest absolute Gasteiger partial charge is 0.356 e. The van der Waals surface area contributed by atoms with E-state index in [1.165, 1.54) is 44.1 Å². The van der Waals surface area contributed by atoms with Crippen LogP contribution >= 0.6 is 0 Å². The van der Waals surface area contributed by atoms with E-state index in [4.69, 9.17) is 4.84 Å². The molecule has 3 aliphatic rings. The Morgan fingerprint density at radius 3 is 2.11 bits per heavy atom. The molecule has 3 heterocycles. The Morgan fingerprint density at radius 2 is 1.43 bits per heavy atom. The molecule has 0 spiro atoms. The molecule has 47 heavy (non-hydrogen) atoms. The van der Waals surface area contributed by atoms with Crippen LogP contribution < -0.4 is 4.90 Å². The molecule has 1 unspecified atom stereocenters. The van der Waals surface area contributed by atoms with Crippen molar-refractivity contribution in [2.75, 3.05) is 18.5 Å². The first kappa shape index (κ1) is 31.1. The fraction of sp³-hybridized carbons (Fsp3) is 0.400. The maximum Gasteiger partial charge on any atom is 0.352 e. The van der Waals surface area contributed by atoms with Crippen LogP contribution in [0.25, 0.3) is 21.5 Å². The lowest BCUT2D eigenvalue weighted by atomic mass is 9.76. The lowest BCUT2D eigenvalue weighted by Gasteiger charge is -2.34. The molecule has 4 aromatic rings. The summed E-state index contributed by atoms with van der Waals surface area (Å²) in [4.78, 5) is 45.1. The molecule has 3 aliphatic heterocycles. The summed E-state index contributed by atoms with van der Waals surface area (Å²) < 4.78 is 2.41. The smallest absolute Gasteiger partial charge is 0.352 e. The summed E-state index contributed by atoms with van der Waals surface area (Å²) in [6, 6.07) is 25.9. The van der Waals surface area contributed by atoms with Crippen molar-refractivity contribution in [1.82, 2.24) is 5.06 Å². The number of hydrogen-bond acceptors (Lipinski definition) is 5. The molecule has 242 valence electrons. The average Bonchev–Trinajstić information content (AvgIpc) is 3.56. The van der Waals surface area contributed by atoms with E-state index in [2.05, 4.69) is 117 Å². The molecule has 0 aromatic heterocycles. The monoisotopic (exact) mass is 630 g/mol. The Morgan fingerprint density at radius 1 is 0.809 bits per heavy atom. The molecule has 0 bridgehead atoms. The average molecular weight is 631 g/mol. The number of hydrogen-bond donors (Lipinski definition) is 0. The lowest BCUT2D eigenvalue weighted by Crippen LogP contribution is -2.45. The molecule has 1 fully saturated rings. The van der Waals surface area contributed by atoms with Crippen molar-refractivity contribution in [1.29, 1.82) is 0 Å². The van der Waals surface area contributed by atoms with Crippen LogP contribution in [0.5, 0.6) is 0 Å². The topological polar surface area (TPSA) is 69.9 Å². The van der Waals surface area contributed by atoms with Gasteiger partial charge in [-0.1, -0.05) is 81.3 Å². The number of unbranched alkanes of at least 4 members (excludes halogenated alkanes) is 2. The van der Waals surface area contributed by atoms with Crippen LogP contribution in [0, 0.1) is 0 Å². The van der Waals surface area contributed by atoms with Crippen LogP contribution in [0.1, 0.15) is 83.8 Å². The number of nitrogens with zero attached hydrogens (tertiary/aromatic N) is 3. The number of amides is 2. The number of anilines is 1. The summed E-state index contributed by atoms with van der Waals surface area (Å²) in [5.41, 5.74) is 6.16. The highest BCUT2D eigenvalue weighted by Crippen LogP contribution is 2.50. The first-order valence-electron chi connectivity index (χ1n) is 17.0. The zero-order valence-electron chi connectivity index (χ0n) is 28.1. The van der Waals surface area contributed by atoms with Crippen molar-refractivity contribution >= 4 is 56.4 Å². The predicted molar refractivity (Wildman–Crippen MR) is 186 cm³/mol. The summed E-state index contributed by atoms with van der Waals surface area (Å²) in [7, 11) is 2.21. The van der Waals surface area contributed by atoms with Gasteiger partial charge >= 0.3 is 5.97 Å². The minimum Gasteiger partial charge on any atom is -0.356 e. The third kappa shape index (κ3) is 5.11. The standard InChI is InChI=1S/C40H44N3O4/c1-39(2)32(41(5)30-21-19-26-13-9-11-15-28(26)37(30)39)17-7-6-8-18-33-40(3,4)38-29-16-12-10-14-27(29)20-22-31(38)42(33)25-36(46)47-43-34(44)23-24-35(43)45/h9-16,19-22,33H,6-8,17-18,23-25H2,1-5H3/q+1. The molecular formula is C40H44N3O4+. The van der Waals surface area contributed by atoms with Gasteiger partial charge in [0.15, 0.2) is 5.71 Å². The Balaban J connectivity index is 1.08. The van der Waals surface area contributed by atoms with E-state index in [1.807, 2.05) is 0 Å². The van der Waals surface area contributed by atoms with Crippen LogP contribution in [0.2, 0.25) is 0 Å². The van der Waals surface area contributed by atoms with E-state index < -0.39 is 17.8 Å². The fourth-order valence-electron chi connectivity index (χ4n) is 8.73. The second kappa shape index (κ2) is 11.6. The highest BCUT2D eigenvalue weighted by atomic mass is 16.7. The van der Waals surface area contributed by atoms with Crippen molar-refractivity contribution in [2.24, 2.45) is 0 Å². The predicted octanol–water partition coefficient (Wildman–Crippen LogP) is 7.72. The number of carbonyl (C=O) groups excluding carboxylic acids is 3. The van der Waals surface area contributed by atoms with Gasteiger partial charge < -0.3 is 9.74 Å². The van der Waals surface area contributed by atoms with E-state index in [9.17, 15) is 14.4 Å². The first-order valence-corrected chi connectivity index (χ1v) is 17.0. The van der Waals surface area contributed by atoms with E-state index in [1.54, 1.807) is 0 Å². The number of hydroxylamine groups is 2. The van der Waals surface area contributed by atoms with Gasteiger partial charge in [-0.2, -0.15) is 0 Å². The quantitative estimate of drug-likeness (QED) is 0.108. The maximum atomic E-state index is 13.2. The summed E-state index contributed by atoms with van der Waals surface area (Å²) in [6.07, 6.45) is 5.26. The summed E-state index contributed by atoms with van der Waals surface area (Å²) >= 11 is 0. The maximum absolute atomic E-state index is 13.2. The molecule has 1 atom stereocenters. The highest BCUT2D eigenvalue weighted by molar-refractivity contribution is 6.03. The SMILES string of the molecule is C[N+]1=C(CCCCCC2N(CC(=O)ON3C(=O)CCC3=O)c3ccc4ccccc4c3C2(C)C)C(C)(C)c2c1ccc1ccccc21. The van der Waals surface area contributed by atoms with Crippen molar-refractivity contribution in [3.63, 3.8) is 0 Å². The second-order valence-corrected chi connectivity index (χ2v) is 14.5. The third-order valence-electron chi connectivity index (χ3n) is 11.0. The van der Waals surface area contributed by atoms with Crippen LogP contribution in [-0.4, -0.2) is 52.8 Å². The zero-order chi connectivity index (χ0) is 33.1. The number of imide groups is 1. The van der Waals surface area contributed by atoms with Crippen molar-refractivity contribution < 1.29 is 23.8 Å². The molecule has 2 amide bonds. The van der Waals surface area contributed by atoms with Crippen LogP contribution in [0.15, 0.2) is 72.8 Å². The third-order valence-corrected chi connectivity index (χ3v) is 11.0. The Bertz CT molecular complexity index is 1960. The molecular weight excluding hydrogens is 586 g/mol. The lowest BCUT2D eigenvalue weighted by molar-refractivity contribution is -0.404. The second-order valence-electron chi connectivity index (χ2n) is 14.5. The Kier molecular flexibility index (Phi) is 7.69. The van der Waals surface area contributed by atoms with Crippen LogP contribution in [0.4, 0.5) is 11.4 Å². The number of rotatable bonds is 9. The number of carbonyl (C=O) groups is 3. The van der Waals surface area contributed by atoms with Gasteiger partial charge in [0.1, 0.15) is 13.6 Å². The zero-order valence-corrected chi connectivity index (χ0v) is 28.1. The molecule has 0 aliphatic carbocycles. The van der Waals surface area contributed by atoms with Crippen molar-refractivity contribution in [3.8, 4) is 0 Å². The Hall–Kier alpha value is -4.52. The highest BCUT2D eigenvalue weighted by Gasteiger charge is 2.47. The summed E-state index contributed by atoms with van der Waals surface area (Å²) in [5, 5.41) is 5.64. The molecule has 4 aromatic carbocycles. The van der Waals surface area contributed by atoms with Gasteiger partial charge in [0.05, 0.1) is 5.41 Å². The molecule has 7 nitrogen and oxygen atoms in total. The molecule has 0 saturated carbocycles. The number of fused-ring (bicyclic) bond motifs is 6. The van der Waals surface area contributed by atoms with Gasteiger partial charge in [0.25, 0.3) is 11.8 Å². The van der Waals surface area contributed by atoms with Crippen molar-refractivity contribution in [2.45, 2.75) is 89.5 Å². The van der Waals surface area contributed by atoms with E-state index in [0.717, 1.165) is 37.8 Å². The summed E-state index contributed by atoms with van der Waals surface area (Å²) in [6.45, 7) is 9.24. The van der Waals surface area contributed by atoms with Gasteiger partial charge in [-0.05, 0) is 65.9 Å². The van der Waals surface area contributed by atoms with E-state index >= 15 is 0 Å². The van der Waals surface area contributed by atoms with Gasteiger partial charge in [-0.25, -0.2) is 9.37 Å². The Labute approximate surface area is 276 Å². The first-order chi connectivity index (χ1) is 22.5. The minimum absolute atomic E-state index is 0.0282. The molecule has 7 rings (SSSR count). The van der Waals surface area contributed by atoms with Gasteiger partial charge in [-0.3, -0.25) is 9.59 Å². The van der Waals surface area contributed by atoms with Gasteiger partial charge in [0, 0.05) is 48.0 Å². The van der Waals surface area contributed by atoms with Gasteiger partial charge in [-0.15, -0.1) is 5.06 Å². The molecule has 0 N–H and O–H groups in total. The number of benzene rings is 4. The van der Waals surface area contributed by atoms with Crippen molar-refractivity contribution in [3.05, 3.63) is 83.9 Å². The van der Waals surface area contributed by atoms with E-state index in [0.29, 0.717) is 5.06 Å². The molecule has 1 saturated heterocycles. The van der Waals surface area contributed by atoms with E-state index in [-0.39, 0.29) is 36.3 Å². The van der Waals surface area contributed by atoms with Crippen LogP contribution in [-0.2, 0) is 30.1 Å². The molecule has 7 heteroatoms. The summed E-state index contributed by atoms with van der Waals surface area (Å²) in [5.74, 6) is -1.51. The molecule has 0 radical (unpaired) electrons. The minimum atomic E-state index is -0.592. The van der Waals surface area contributed by atoms with Gasteiger partial charge in [0.2, 0.25) is 5.69 Å².